The van der Waals surface area contributed by atoms with Gasteiger partial charge in [0.2, 0.25) is 10.0 Å². The molecule has 2 aliphatic heterocycles. The van der Waals surface area contributed by atoms with Crippen molar-refractivity contribution in [3.63, 3.8) is 0 Å². The number of carbonyl (C=O) groups is 1. The molecule has 0 aliphatic carbocycles. The van der Waals surface area contributed by atoms with Crippen LogP contribution in [0.5, 0.6) is 0 Å². The Morgan fingerprint density at radius 2 is 2.03 bits per heavy atom. The summed E-state index contributed by atoms with van der Waals surface area (Å²) in [4.78, 5) is 17.2. The van der Waals surface area contributed by atoms with Crippen molar-refractivity contribution in [2.24, 2.45) is 11.3 Å². The minimum absolute atomic E-state index is 0.0143. The second-order valence-corrected chi connectivity index (χ2v) is 11.0. The van der Waals surface area contributed by atoms with Crippen LogP contribution in [-0.4, -0.2) is 79.6 Å². The van der Waals surface area contributed by atoms with E-state index in [-0.39, 0.29) is 17.2 Å². The Kier molecular flexibility index (Phi) is 5.27. The van der Waals surface area contributed by atoms with Crippen molar-refractivity contribution in [3.8, 4) is 0 Å². The predicted octanol–water partition coefficient (Wildman–Crippen LogP) is 1.78. The molecule has 3 heterocycles. The van der Waals surface area contributed by atoms with E-state index in [1.807, 2.05) is 38.1 Å². The number of nitrogens with zero attached hydrogens (tertiary/aromatic N) is 4. The molecular weight excluding hydrogens is 408 g/mol. The number of carbonyl (C=O) groups excluding carboxylic acids is 1. The highest BCUT2D eigenvalue weighted by Gasteiger charge is 2.56. The van der Waals surface area contributed by atoms with Crippen molar-refractivity contribution >= 4 is 27.5 Å². The summed E-state index contributed by atoms with van der Waals surface area (Å²) in [6.45, 7) is 4.57. The van der Waals surface area contributed by atoms with Crippen molar-refractivity contribution in [2.75, 3.05) is 46.8 Å². The molecule has 2 unspecified atom stereocenters. The van der Waals surface area contributed by atoms with Crippen LogP contribution in [0.2, 0.25) is 0 Å². The Hall–Kier alpha value is -1.81. The van der Waals surface area contributed by atoms with Gasteiger partial charge >= 0.3 is 0 Å². The molecule has 2 saturated heterocycles. The van der Waals surface area contributed by atoms with Crippen molar-refractivity contribution in [3.05, 3.63) is 47.0 Å². The number of hydrogen-bond acceptors (Lipinski definition) is 6. The van der Waals surface area contributed by atoms with Crippen LogP contribution in [0.1, 0.15) is 15.9 Å². The summed E-state index contributed by atoms with van der Waals surface area (Å²) in [6, 6.07) is 7.12. The number of rotatable bonds is 5. The van der Waals surface area contributed by atoms with Gasteiger partial charge in [0.15, 0.2) is 0 Å². The largest absolute Gasteiger partial charge is 0.338 e. The summed E-state index contributed by atoms with van der Waals surface area (Å²) in [5.41, 5.74) is 1.10. The van der Waals surface area contributed by atoms with E-state index in [9.17, 15) is 13.2 Å². The number of benzene rings is 1. The summed E-state index contributed by atoms with van der Waals surface area (Å²) < 4.78 is 32.3. The summed E-state index contributed by atoms with van der Waals surface area (Å²) in [5.74, 6) is 0.0961. The number of sulfonamides is 1. The highest BCUT2D eigenvalue weighted by molar-refractivity contribution is 7.89. The van der Waals surface area contributed by atoms with Gasteiger partial charge in [0.25, 0.3) is 5.91 Å². The molecule has 2 atom stereocenters. The van der Waals surface area contributed by atoms with Crippen LogP contribution in [0.15, 0.2) is 40.7 Å². The fourth-order valence-corrected chi connectivity index (χ4v) is 7.12. The molecule has 2 aliphatic rings. The first-order valence-corrected chi connectivity index (χ1v) is 11.9. The van der Waals surface area contributed by atoms with E-state index in [1.165, 1.54) is 11.5 Å². The molecule has 0 spiro atoms. The molecule has 156 valence electrons. The lowest BCUT2D eigenvalue weighted by Gasteiger charge is -2.32. The van der Waals surface area contributed by atoms with Gasteiger partial charge in [-0.05, 0) is 44.2 Å². The van der Waals surface area contributed by atoms with Gasteiger partial charge in [-0.1, -0.05) is 18.2 Å². The molecule has 0 radical (unpaired) electrons. The van der Waals surface area contributed by atoms with Gasteiger partial charge in [-0.15, -0.1) is 0 Å². The topological polar surface area (TPSA) is 73.8 Å². The van der Waals surface area contributed by atoms with Crippen molar-refractivity contribution < 1.29 is 13.2 Å². The minimum Gasteiger partial charge on any atom is -0.338 e. The molecule has 1 aromatic heterocycles. The molecule has 1 amide bonds. The summed E-state index contributed by atoms with van der Waals surface area (Å²) in [6.07, 6.45) is 1.61. The first-order chi connectivity index (χ1) is 13.7. The van der Waals surface area contributed by atoms with Crippen LogP contribution in [0, 0.1) is 18.3 Å². The van der Waals surface area contributed by atoms with Crippen LogP contribution in [0.25, 0.3) is 0 Å². The Balaban J connectivity index is 1.61. The first kappa shape index (κ1) is 20.5. The monoisotopic (exact) mass is 434 g/mol. The standard InChI is InChI=1S/C20H26N4O3S2/c1-15-6-4-5-7-18(15)29(26,27)24-10-17-9-23(19(25)16-8-21-28-11-16)13-20(17,14-24)12-22(2)3/h4-8,11,17H,9-10,12-14H2,1-3H3. The van der Waals surface area contributed by atoms with Gasteiger partial charge in [-0.2, -0.15) is 4.31 Å². The predicted molar refractivity (Wildman–Crippen MR) is 112 cm³/mol. The maximum atomic E-state index is 13.3. The molecule has 4 rings (SSSR count). The molecule has 1 aromatic carbocycles. The zero-order valence-electron chi connectivity index (χ0n) is 16.9. The van der Waals surface area contributed by atoms with Crippen LogP contribution in [-0.2, 0) is 10.0 Å². The molecule has 7 nitrogen and oxygen atoms in total. The zero-order valence-corrected chi connectivity index (χ0v) is 18.5. The van der Waals surface area contributed by atoms with Gasteiger partial charge in [-0.25, -0.2) is 12.8 Å². The highest BCUT2D eigenvalue weighted by Crippen LogP contribution is 2.45. The lowest BCUT2D eigenvalue weighted by Crippen LogP contribution is -2.43. The first-order valence-electron chi connectivity index (χ1n) is 9.62. The average Bonchev–Trinajstić information content (AvgIpc) is 3.35. The Morgan fingerprint density at radius 3 is 2.69 bits per heavy atom. The van der Waals surface area contributed by atoms with Crippen LogP contribution in [0.3, 0.4) is 0 Å². The van der Waals surface area contributed by atoms with E-state index in [2.05, 4.69) is 9.27 Å². The number of amides is 1. The molecule has 2 aromatic rings. The third kappa shape index (κ3) is 3.61. The van der Waals surface area contributed by atoms with E-state index < -0.39 is 10.0 Å². The van der Waals surface area contributed by atoms with Gasteiger partial charge in [-0.3, -0.25) is 4.79 Å². The molecular formula is C20H26N4O3S2. The van der Waals surface area contributed by atoms with Crippen molar-refractivity contribution in [1.29, 1.82) is 0 Å². The average molecular weight is 435 g/mol. The Labute approximate surface area is 176 Å². The molecule has 0 bridgehead atoms. The van der Waals surface area contributed by atoms with Gasteiger partial charge in [0, 0.05) is 49.4 Å². The number of fused-ring (bicyclic) bond motifs is 1. The maximum Gasteiger partial charge on any atom is 0.256 e. The van der Waals surface area contributed by atoms with Crippen molar-refractivity contribution in [1.82, 2.24) is 18.5 Å². The molecule has 29 heavy (non-hydrogen) atoms. The van der Waals surface area contributed by atoms with E-state index in [0.717, 1.165) is 12.1 Å². The Bertz CT molecular complexity index is 1010. The Morgan fingerprint density at radius 1 is 1.28 bits per heavy atom. The van der Waals surface area contributed by atoms with E-state index in [0.29, 0.717) is 36.6 Å². The number of likely N-dealkylation sites (tertiary alicyclic amines) is 1. The molecule has 0 N–H and O–H groups in total. The van der Waals surface area contributed by atoms with Gasteiger partial charge in [0.1, 0.15) is 0 Å². The molecule has 9 heteroatoms. The number of aromatic nitrogens is 1. The van der Waals surface area contributed by atoms with Crippen LogP contribution < -0.4 is 0 Å². The lowest BCUT2D eigenvalue weighted by molar-refractivity contribution is 0.0759. The smallest absolute Gasteiger partial charge is 0.256 e. The second-order valence-electron chi connectivity index (χ2n) is 8.46. The normalized spacial score (nSPS) is 25.0. The highest BCUT2D eigenvalue weighted by atomic mass is 32.2. The second kappa shape index (κ2) is 7.46. The summed E-state index contributed by atoms with van der Waals surface area (Å²) in [7, 11) is 0.432. The van der Waals surface area contributed by atoms with Crippen molar-refractivity contribution in [2.45, 2.75) is 11.8 Å². The molecule has 0 saturated carbocycles. The SMILES string of the molecule is Cc1ccccc1S(=O)(=O)N1CC2CN(C(=O)c3cnsc3)CC2(CN(C)C)C1. The third-order valence-corrected chi connectivity index (χ3v) is 8.60. The van der Waals surface area contributed by atoms with E-state index >= 15 is 0 Å². The zero-order chi connectivity index (χ0) is 20.8. The van der Waals surface area contributed by atoms with E-state index in [4.69, 9.17) is 0 Å². The fourth-order valence-electron chi connectivity index (χ4n) is 4.80. The fraction of sp³-hybridized carbons (Fsp3) is 0.500. The van der Waals surface area contributed by atoms with E-state index in [1.54, 1.807) is 28.0 Å². The quantitative estimate of drug-likeness (QED) is 0.717. The van der Waals surface area contributed by atoms with Gasteiger partial charge < -0.3 is 9.80 Å². The lowest BCUT2D eigenvalue weighted by atomic mass is 9.80. The van der Waals surface area contributed by atoms with Gasteiger partial charge in [0.05, 0.1) is 16.7 Å². The third-order valence-electron chi connectivity index (χ3n) is 6.04. The molecule has 2 fully saturated rings. The summed E-state index contributed by atoms with van der Waals surface area (Å²) in [5, 5.41) is 1.77. The maximum absolute atomic E-state index is 13.3. The number of hydrogen-bond donors (Lipinski definition) is 0. The van der Waals surface area contributed by atoms with Crippen LogP contribution >= 0.6 is 11.5 Å². The minimum atomic E-state index is -3.56. The summed E-state index contributed by atoms with van der Waals surface area (Å²) >= 11 is 1.27. The number of aryl methyl sites for hydroxylation is 1. The van der Waals surface area contributed by atoms with Crippen LogP contribution in [0.4, 0.5) is 0 Å².